The van der Waals surface area contributed by atoms with Gasteiger partial charge in [-0.05, 0) is 40.2 Å². The van der Waals surface area contributed by atoms with E-state index in [0.29, 0.717) is 16.7 Å². The normalized spacial score (nSPS) is 12.9. The number of carbonyl (C=O) groups is 1. The standard InChI is InChI=1S/C23H28F2N8O2/c1-22(2,25)5-6-28-16-8-18(29-11-15(16)21(34)30-12-17(24)23(3,4)35)33-20-14(10-31-33)7-13(9-26)19(27)32-20/h7-8,10-11,17,35H,5-6,12H2,1-4H3,(H2,27,32)(H,28,29)(H,30,34). The van der Waals surface area contributed by atoms with Crippen molar-refractivity contribution in [1.29, 1.82) is 5.26 Å². The van der Waals surface area contributed by atoms with E-state index in [-0.39, 0.29) is 35.7 Å². The maximum absolute atomic E-state index is 14.1. The number of nitrogens with one attached hydrogen (secondary N) is 2. The average Bonchev–Trinajstić information content (AvgIpc) is 3.17. The molecule has 5 N–H and O–H groups in total. The number of carbonyl (C=O) groups excluding carboxylic acids is 1. The van der Waals surface area contributed by atoms with Gasteiger partial charge in [-0.15, -0.1) is 0 Å². The van der Waals surface area contributed by atoms with Crippen LogP contribution in [0.3, 0.4) is 0 Å². The maximum atomic E-state index is 14.1. The Morgan fingerprint density at radius 2 is 2.03 bits per heavy atom. The van der Waals surface area contributed by atoms with E-state index in [9.17, 15) is 18.7 Å². The Bertz CT molecular complexity index is 1270. The number of anilines is 2. The quantitative estimate of drug-likeness (QED) is 0.360. The molecule has 35 heavy (non-hydrogen) atoms. The summed E-state index contributed by atoms with van der Waals surface area (Å²) in [6.45, 7) is 5.30. The van der Waals surface area contributed by atoms with Crippen LogP contribution in [-0.4, -0.2) is 61.3 Å². The molecule has 0 fully saturated rings. The fourth-order valence-corrected chi connectivity index (χ4v) is 3.14. The van der Waals surface area contributed by atoms with E-state index in [2.05, 4.69) is 25.7 Å². The SMILES string of the molecule is CC(C)(F)CCNc1cc(-n2ncc3cc(C#N)c(N)nc32)ncc1C(=O)NCC(F)C(C)(C)O. The molecule has 1 unspecified atom stereocenters. The van der Waals surface area contributed by atoms with Crippen LogP contribution >= 0.6 is 0 Å². The lowest BCUT2D eigenvalue weighted by Crippen LogP contribution is -2.42. The minimum Gasteiger partial charge on any atom is -0.387 e. The second-order valence-electron chi connectivity index (χ2n) is 9.32. The number of fused-ring (bicyclic) bond motifs is 1. The van der Waals surface area contributed by atoms with Crippen LogP contribution in [0, 0.1) is 11.3 Å². The summed E-state index contributed by atoms with van der Waals surface area (Å²) >= 11 is 0. The maximum Gasteiger partial charge on any atom is 0.255 e. The van der Waals surface area contributed by atoms with E-state index in [0.717, 1.165) is 0 Å². The van der Waals surface area contributed by atoms with Gasteiger partial charge in [-0.25, -0.2) is 18.7 Å². The molecule has 3 heterocycles. The fourth-order valence-electron chi connectivity index (χ4n) is 3.14. The fraction of sp³-hybridized carbons (Fsp3) is 0.435. The summed E-state index contributed by atoms with van der Waals surface area (Å²) in [5, 5.41) is 29.2. The summed E-state index contributed by atoms with van der Waals surface area (Å²) in [6.07, 6.45) is 1.26. The molecule has 0 saturated heterocycles. The van der Waals surface area contributed by atoms with Gasteiger partial charge in [-0.1, -0.05) is 0 Å². The number of aromatic nitrogens is 4. The summed E-state index contributed by atoms with van der Waals surface area (Å²) in [5.41, 5.74) is 3.78. The Kier molecular flexibility index (Phi) is 7.21. The minimum atomic E-state index is -1.69. The zero-order chi connectivity index (χ0) is 26.0. The number of amides is 1. The molecule has 0 bridgehead atoms. The molecule has 3 rings (SSSR count). The molecule has 0 spiro atoms. The van der Waals surface area contributed by atoms with Gasteiger partial charge in [0.2, 0.25) is 0 Å². The first kappa shape index (κ1) is 25.8. The Morgan fingerprint density at radius 1 is 1.31 bits per heavy atom. The molecule has 0 radical (unpaired) electrons. The van der Waals surface area contributed by atoms with E-state index < -0.39 is 29.9 Å². The van der Waals surface area contributed by atoms with Crippen LogP contribution in [0.4, 0.5) is 20.3 Å². The van der Waals surface area contributed by atoms with Crippen molar-refractivity contribution in [1.82, 2.24) is 25.1 Å². The highest BCUT2D eigenvalue weighted by atomic mass is 19.1. The lowest BCUT2D eigenvalue weighted by molar-refractivity contribution is -0.00177. The van der Waals surface area contributed by atoms with Crippen molar-refractivity contribution < 1.29 is 18.7 Å². The number of nitriles is 1. The molecule has 1 amide bonds. The van der Waals surface area contributed by atoms with Crippen LogP contribution in [-0.2, 0) is 0 Å². The van der Waals surface area contributed by atoms with Crippen LogP contribution in [0.1, 0.15) is 50.0 Å². The highest BCUT2D eigenvalue weighted by Gasteiger charge is 2.27. The molecule has 1 atom stereocenters. The summed E-state index contributed by atoms with van der Waals surface area (Å²) in [7, 11) is 0. The molecule has 3 aromatic rings. The Balaban J connectivity index is 1.96. The van der Waals surface area contributed by atoms with Gasteiger partial charge in [0, 0.05) is 24.2 Å². The average molecular weight is 487 g/mol. The third-order valence-corrected chi connectivity index (χ3v) is 5.29. The van der Waals surface area contributed by atoms with Crippen LogP contribution in [0.25, 0.3) is 16.9 Å². The van der Waals surface area contributed by atoms with Crippen molar-refractivity contribution in [2.45, 2.75) is 51.6 Å². The number of nitrogens with zero attached hydrogens (tertiary/aromatic N) is 5. The van der Waals surface area contributed by atoms with Gasteiger partial charge in [0.1, 0.15) is 23.7 Å². The highest BCUT2D eigenvalue weighted by Crippen LogP contribution is 2.24. The monoisotopic (exact) mass is 486 g/mol. The Morgan fingerprint density at radius 3 is 2.66 bits per heavy atom. The molecule has 0 aliphatic heterocycles. The topological polar surface area (TPSA) is 155 Å². The van der Waals surface area contributed by atoms with Crippen molar-refractivity contribution in [3.05, 3.63) is 35.7 Å². The van der Waals surface area contributed by atoms with Crippen LogP contribution < -0.4 is 16.4 Å². The van der Waals surface area contributed by atoms with Crippen molar-refractivity contribution in [2.24, 2.45) is 0 Å². The Hall–Kier alpha value is -3.85. The summed E-state index contributed by atoms with van der Waals surface area (Å²) in [5.74, 6) is -0.298. The minimum absolute atomic E-state index is 0.0360. The smallest absolute Gasteiger partial charge is 0.255 e. The number of alkyl halides is 2. The summed E-state index contributed by atoms with van der Waals surface area (Å²) in [4.78, 5) is 21.3. The van der Waals surface area contributed by atoms with Gasteiger partial charge >= 0.3 is 0 Å². The predicted molar refractivity (Wildman–Crippen MR) is 128 cm³/mol. The molecule has 10 nitrogen and oxygen atoms in total. The number of nitrogen functional groups attached to an aromatic ring is 1. The number of hydrogen-bond donors (Lipinski definition) is 4. The van der Waals surface area contributed by atoms with E-state index in [4.69, 9.17) is 11.0 Å². The van der Waals surface area contributed by atoms with Crippen LogP contribution in [0.15, 0.2) is 24.5 Å². The first-order valence-corrected chi connectivity index (χ1v) is 10.9. The molecule has 12 heteroatoms. The number of halogens is 2. The number of aliphatic hydroxyl groups is 1. The first-order chi connectivity index (χ1) is 16.3. The largest absolute Gasteiger partial charge is 0.387 e. The predicted octanol–water partition coefficient (Wildman–Crippen LogP) is 2.66. The molecular weight excluding hydrogens is 458 g/mol. The third-order valence-electron chi connectivity index (χ3n) is 5.29. The van der Waals surface area contributed by atoms with Crippen LogP contribution in [0.5, 0.6) is 0 Å². The van der Waals surface area contributed by atoms with Gasteiger partial charge < -0.3 is 21.5 Å². The van der Waals surface area contributed by atoms with Gasteiger partial charge in [-0.3, -0.25) is 4.79 Å². The van der Waals surface area contributed by atoms with Crippen molar-refractivity contribution >= 4 is 28.4 Å². The number of hydrogen-bond acceptors (Lipinski definition) is 8. The molecule has 3 aromatic heterocycles. The van der Waals surface area contributed by atoms with Crippen LogP contribution in [0.2, 0.25) is 0 Å². The van der Waals surface area contributed by atoms with Gasteiger partial charge in [0.05, 0.1) is 35.2 Å². The first-order valence-electron chi connectivity index (χ1n) is 10.9. The molecule has 0 saturated carbocycles. The van der Waals surface area contributed by atoms with E-state index >= 15 is 0 Å². The van der Waals surface area contributed by atoms with Gasteiger partial charge in [-0.2, -0.15) is 15.0 Å². The highest BCUT2D eigenvalue weighted by molar-refractivity contribution is 5.99. The molecule has 0 aliphatic carbocycles. The van der Waals surface area contributed by atoms with E-state index in [1.165, 1.54) is 50.8 Å². The third kappa shape index (κ3) is 6.19. The Labute approximate surface area is 201 Å². The lowest BCUT2D eigenvalue weighted by atomic mass is 10.0. The van der Waals surface area contributed by atoms with Gasteiger partial charge in [0.25, 0.3) is 5.91 Å². The molecular formula is C23H28F2N8O2. The molecule has 0 aliphatic rings. The van der Waals surface area contributed by atoms with Crippen molar-refractivity contribution in [2.75, 3.05) is 24.1 Å². The van der Waals surface area contributed by atoms with E-state index in [1.54, 1.807) is 6.07 Å². The second kappa shape index (κ2) is 9.79. The lowest BCUT2D eigenvalue weighted by Gasteiger charge is -2.23. The van der Waals surface area contributed by atoms with Crippen molar-refractivity contribution in [3.8, 4) is 11.9 Å². The second-order valence-corrected chi connectivity index (χ2v) is 9.32. The van der Waals surface area contributed by atoms with Crippen molar-refractivity contribution in [3.63, 3.8) is 0 Å². The zero-order valence-electron chi connectivity index (χ0n) is 19.9. The zero-order valence-corrected chi connectivity index (χ0v) is 19.9. The summed E-state index contributed by atoms with van der Waals surface area (Å²) in [6, 6.07) is 5.05. The number of rotatable bonds is 9. The molecule has 0 aromatic carbocycles. The summed E-state index contributed by atoms with van der Waals surface area (Å²) < 4.78 is 29.5. The van der Waals surface area contributed by atoms with E-state index in [1.807, 2.05) is 6.07 Å². The number of nitrogens with two attached hydrogens (primary N) is 1. The van der Waals surface area contributed by atoms with Gasteiger partial charge in [0.15, 0.2) is 11.5 Å². The number of pyridine rings is 2. The molecule has 186 valence electrons.